The van der Waals surface area contributed by atoms with Crippen molar-refractivity contribution in [1.29, 1.82) is 0 Å². The van der Waals surface area contributed by atoms with Gasteiger partial charge >= 0.3 is 12.3 Å². The summed E-state index contributed by atoms with van der Waals surface area (Å²) >= 11 is 0. The Hall–Kier alpha value is -1.93. The Morgan fingerprint density at radius 1 is 1.47 bits per heavy atom. The Labute approximate surface area is 90.6 Å². The highest BCUT2D eigenvalue weighted by atomic mass is 19.4. The summed E-state index contributed by atoms with van der Waals surface area (Å²) in [6.45, 7) is -1.46. The highest BCUT2D eigenvalue weighted by Gasteiger charge is 2.35. The van der Waals surface area contributed by atoms with Crippen LogP contribution in [-0.2, 0) is 6.67 Å². The maximum atomic E-state index is 12.7. The number of hydrogen-bond acceptors (Lipinski definition) is 3. The molecule has 0 fully saturated rings. The minimum Gasteiger partial charge on any atom is -0.477 e. The molecule has 17 heavy (non-hydrogen) atoms. The SMILES string of the molecule is O=C(O)c1c(CF)cc(F)nc1OC(F)(F)F. The molecule has 0 aliphatic carbocycles. The lowest BCUT2D eigenvalue weighted by Gasteiger charge is -2.11. The number of hydrogen-bond donors (Lipinski definition) is 1. The summed E-state index contributed by atoms with van der Waals surface area (Å²) in [4.78, 5) is 13.3. The molecule has 0 bridgehead atoms. The molecular weight excluding hydrogens is 253 g/mol. The van der Waals surface area contributed by atoms with Gasteiger partial charge in [-0.2, -0.15) is 9.37 Å². The molecule has 0 spiro atoms. The van der Waals surface area contributed by atoms with E-state index in [4.69, 9.17) is 5.11 Å². The highest BCUT2D eigenvalue weighted by Crippen LogP contribution is 2.27. The van der Waals surface area contributed by atoms with Crippen LogP contribution in [0.1, 0.15) is 15.9 Å². The molecule has 94 valence electrons. The Morgan fingerprint density at radius 2 is 2.06 bits per heavy atom. The maximum absolute atomic E-state index is 12.7. The first-order valence-corrected chi connectivity index (χ1v) is 3.99. The molecule has 1 rings (SSSR count). The molecule has 0 saturated heterocycles. The number of carboxylic acid groups (broad SMARTS) is 1. The Bertz CT molecular complexity index is 446. The predicted molar refractivity (Wildman–Crippen MR) is 42.6 cm³/mol. The molecule has 1 N–H and O–H groups in total. The number of rotatable bonds is 3. The Morgan fingerprint density at radius 3 is 2.47 bits per heavy atom. The number of alkyl halides is 4. The molecule has 0 saturated carbocycles. The van der Waals surface area contributed by atoms with Gasteiger partial charge in [0.25, 0.3) is 0 Å². The zero-order valence-electron chi connectivity index (χ0n) is 7.89. The van der Waals surface area contributed by atoms with Gasteiger partial charge in [0.15, 0.2) is 0 Å². The standard InChI is InChI=1S/C8H4F5NO3/c9-2-3-1-4(10)14-6(5(3)7(15)16)17-8(11,12)13/h1H,2H2,(H,15,16). The smallest absolute Gasteiger partial charge is 0.477 e. The number of carboxylic acids is 1. The Kier molecular flexibility index (Phi) is 3.49. The van der Waals surface area contributed by atoms with E-state index >= 15 is 0 Å². The lowest BCUT2D eigenvalue weighted by molar-refractivity contribution is -0.276. The van der Waals surface area contributed by atoms with Gasteiger partial charge in [-0.15, -0.1) is 13.2 Å². The fourth-order valence-corrected chi connectivity index (χ4v) is 1.06. The largest absolute Gasteiger partial charge is 0.574 e. The minimum absolute atomic E-state index is 0.382. The van der Waals surface area contributed by atoms with Crippen LogP contribution < -0.4 is 4.74 Å². The van der Waals surface area contributed by atoms with Crippen LogP contribution in [0.4, 0.5) is 22.0 Å². The van der Waals surface area contributed by atoms with E-state index in [0.717, 1.165) is 0 Å². The van der Waals surface area contributed by atoms with Crippen LogP contribution in [0.5, 0.6) is 5.88 Å². The molecule has 1 aromatic rings. The van der Waals surface area contributed by atoms with E-state index in [9.17, 15) is 26.7 Å². The van der Waals surface area contributed by atoms with Crippen molar-refractivity contribution in [3.8, 4) is 5.88 Å². The van der Waals surface area contributed by atoms with E-state index in [1.807, 2.05) is 0 Å². The van der Waals surface area contributed by atoms with Gasteiger partial charge < -0.3 is 9.84 Å². The second-order valence-electron chi connectivity index (χ2n) is 2.77. The Balaban J connectivity index is 3.35. The molecule has 0 unspecified atom stereocenters. The first-order chi connectivity index (χ1) is 7.74. The third-order valence-corrected chi connectivity index (χ3v) is 1.61. The summed E-state index contributed by atoms with van der Waals surface area (Å²) in [5.74, 6) is -4.90. The fraction of sp³-hybridized carbons (Fsp3) is 0.250. The van der Waals surface area contributed by atoms with Gasteiger partial charge in [0.1, 0.15) is 12.2 Å². The van der Waals surface area contributed by atoms with Crippen molar-refractivity contribution in [1.82, 2.24) is 4.98 Å². The molecule has 4 nitrogen and oxygen atoms in total. The second kappa shape index (κ2) is 4.52. The molecule has 0 amide bonds. The number of halogens is 5. The van der Waals surface area contributed by atoms with Crippen LogP contribution in [0.3, 0.4) is 0 Å². The van der Waals surface area contributed by atoms with Crippen molar-refractivity contribution in [3.05, 3.63) is 23.1 Å². The summed E-state index contributed by atoms with van der Waals surface area (Å²) in [5, 5.41) is 8.59. The summed E-state index contributed by atoms with van der Waals surface area (Å²) in [6.07, 6.45) is -5.25. The summed E-state index contributed by atoms with van der Waals surface area (Å²) in [6, 6.07) is 0.382. The van der Waals surface area contributed by atoms with Crippen LogP contribution >= 0.6 is 0 Å². The van der Waals surface area contributed by atoms with Gasteiger partial charge in [0.2, 0.25) is 11.8 Å². The quantitative estimate of drug-likeness (QED) is 0.666. The number of nitrogens with zero attached hydrogens (tertiary/aromatic N) is 1. The first-order valence-electron chi connectivity index (χ1n) is 3.99. The van der Waals surface area contributed by atoms with Gasteiger partial charge in [0, 0.05) is 11.6 Å². The van der Waals surface area contributed by atoms with E-state index in [1.54, 1.807) is 0 Å². The third-order valence-electron chi connectivity index (χ3n) is 1.61. The van der Waals surface area contributed by atoms with Crippen molar-refractivity contribution < 1.29 is 36.6 Å². The highest BCUT2D eigenvalue weighted by molar-refractivity contribution is 5.91. The molecular formula is C8H4F5NO3. The van der Waals surface area contributed by atoms with Crippen LogP contribution in [0.2, 0.25) is 0 Å². The zero-order chi connectivity index (χ0) is 13.2. The second-order valence-corrected chi connectivity index (χ2v) is 2.77. The number of ether oxygens (including phenoxy) is 1. The van der Waals surface area contributed by atoms with E-state index < -0.39 is 42.0 Å². The monoisotopic (exact) mass is 257 g/mol. The van der Waals surface area contributed by atoms with Crippen molar-refractivity contribution in [2.24, 2.45) is 0 Å². The van der Waals surface area contributed by atoms with Crippen molar-refractivity contribution >= 4 is 5.97 Å². The molecule has 0 aromatic carbocycles. The number of aromatic carboxylic acids is 1. The lowest BCUT2D eigenvalue weighted by atomic mass is 10.1. The molecule has 0 radical (unpaired) electrons. The zero-order valence-corrected chi connectivity index (χ0v) is 7.89. The molecule has 0 aliphatic heterocycles. The van der Waals surface area contributed by atoms with Gasteiger partial charge in [0.05, 0.1) is 0 Å². The molecule has 0 atom stereocenters. The van der Waals surface area contributed by atoms with Gasteiger partial charge in [-0.25, -0.2) is 9.18 Å². The molecule has 1 heterocycles. The number of carbonyl (C=O) groups is 1. The average Bonchev–Trinajstić information content (AvgIpc) is 2.12. The van der Waals surface area contributed by atoms with Gasteiger partial charge in [-0.3, -0.25) is 0 Å². The summed E-state index contributed by atoms with van der Waals surface area (Å²) in [5.41, 5.74) is -1.95. The van der Waals surface area contributed by atoms with Gasteiger partial charge in [-0.05, 0) is 0 Å². The summed E-state index contributed by atoms with van der Waals surface area (Å²) in [7, 11) is 0. The predicted octanol–water partition coefficient (Wildman–Crippen LogP) is 2.29. The molecule has 1 aromatic heterocycles. The fourth-order valence-electron chi connectivity index (χ4n) is 1.06. The molecule has 0 aliphatic rings. The topological polar surface area (TPSA) is 59.4 Å². The minimum atomic E-state index is -5.25. The maximum Gasteiger partial charge on any atom is 0.574 e. The molecule has 9 heteroatoms. The number of aromatic nitrogens is 1. The lowest BCUT2D eigenvalue weighted by Crippen LogP contribution is -2.21. The van der Waals surface area contributed by atoms with Crippen LogP contribution in [-0.4, -0.2) is 22.4 Å². The normalized spacial score (nSPS) is 11.4. The van der Waals surface area contributed by atoms with E-state index in [1.165, 1.54) is 0 Å². The first kappa shape index (κ1) is 13.1. The van der Waals surface area contributed by atoms with E-state index in [0.29, 0.717) is 6.07 Å². The van der Waals surface area contributed by atoms with Gasteiger partial charge in [-0.1, -0.05) is 0 Å². The van der Waals surface area contributed by atoms with Crippen LogP contribution in [0, 0.1) is 5.95 Å². The van der Waals surface area contributed by atoms with Crippen molar-refractivity contribution in [2.75, 3.05) is 0 Å². The van der Waals surface area contributed by atoms with Crippen LogP contribution in [0.25, 0.3) is 0 Å². The van der Waals surface area contributed by atoms with Crippen LogP contribution in [0.15, 0.2) is 6.07 Å². The third kappa shape index (κ3) is 3.26. The van der Waals surface area contributed by atoms with E-state index in [-0.39, 0.29) is 0 Å². The average molecular weight is 257 g/mol. The number of pyridine rings is 1. The summed E-state index contributed by atoms with van der Waals surface area (Å²) < 4.78 is 63.9. The van der Waals surface area contributed by atoms with Crippen molar-refractivity contribution in [3.63, 3.8) is 0 Å². The van der Waals surface area contributed by atoms with E-state index in [2.05, 4.69) is 9.72 Å². The van der Waals surface area contributed by atoms with Crippen molar-refractivity contribution in [2.45, 2.75) is 13.0 Å².